The average Bonchev–Trinajstić information content (AvgIpc) is 3.32. The molecule has 5 aromatic rings. The van der Waals surface area contributed by atoms with Crippen LogP contribution in [0.15, 0.2) is 52.9 Å². The van der Waals surface area contributed by atoms with Gasteiger partial charge in [0.05, 0.1) is 0 Å². The molecule has 0 atom stereocenters. The van der Waals surface area contributed by atoms with Gasteiger partial charge >= 0.3 is 12.1 Å². The number of carbonyl (C=O) groups excluding carboxylic acids is 1. The second-order valence-corrected chi connectivity index (χ2v) is 10.7. The molecule has 0 saturated heterocycles. The smallest absolute Gasteiger partial charge is 0.412 e. The van der Waals surface area contributed by atoms with Gasteiger partial charge in [-0.05, 0) is 54.9 Å². The molecule has 184 valence electrons. The van der Waals surface area contributed by atoms with Crippen molar-refractivity contribution in [3.05, 3.63) is 75.4 Å². The number of carboxylic acid groups (broad SMARTS) is 1. The Kier molecular flexibility index (Phi) is 5.67. The summed E-state index contributed by atoms with van der Waals surface area (Å²) in [5, 5.41) is 14.1. The van der Waals surface area contributed by atoms with Crippen LogP contribution in [0.3, 0.4) is 0 Å². The topological polar surface area (TPSA) is 115 Å². The van der Waals surface area contributed by atoms with Gasteiger partial charge < -0.3 is 14.3 Å². The third-order valence-corrected chi connectivity index (χ3v) is 8.42. The van der Waals surface area contributed by atoms with Crippen LogP contribution in [0, 0.1) is 18.8 Å². The van der Waals surface area contributed by atoms with Crippen LogP contribution in [0.5, 0.6) is 0 Å². The Labute approximate surface area is 218 Å². The highest BCUT2D eigenvalue weighted by atomic mass is 32.1. The van der Waals surface area contributed by atoms with Gasteiger partial charge in [0, 0.05) is 5.39 Å². The Balaban J connectivity index is 1.25. The number of aliphatic carboxylic acids is 1. The second kappa shape index (κ2) is 9.03. The molecule has 0 bridgehead atoms. The van der Waals surface area contributed by atoms with E-state index in [1.54, 1.807) is 6.07 Å². The van der Waals surface area contributed by atoms with E-state index in [2.05, 4.69) is 27.1 Å². The van der Waals surface area contributed by atoms with Crippen molar-refractivity contribution < 1.29 is 23.8 Å². The van der Waals surface area contributed by atoms with Crippen LogP contribution in [0.4, 0.5) is 10.5 Å². The minimum Gasteiger partial charge on any atom is -0.481 e. The monoisotopic (exact) mass is 529 g/mol. The van der Waals surface area contributed by atoms with E-state index in [0.29, 0.717) is 49.2 Å². The van der Waals surface area contributed by atoms with Crippen molar-refractivity contribution in [2.45, 2.75) is 31.8 Å². The zero-order valence-corrected chi connectivity index (χ0v) is 21.2. The molecule has 8 nitrogen and oxygen atoms in total. The fourth-order valence-electron chi connectivity index (χ4n) is 3.97. The molecule has 1 aliphatic rings. The summed E-state index contributed by atoms with van der Waals surface area (Å²) in [6, 6.07) is 15.0. The number of nitrogens with zero attached hydrogens (tertiary/aromatic N) is 2. The SMILES string of the molecule is Cc1ccccc1COC(=O)Nc1c(C#Cc2nc3sc(C4(C(=O)O)CC4)nc3s2)oc2ccccc12. The number of amides is 1. The fraction of sp³-hybridized carbons (Fsp3) is 0.185. The van der Waals surface area contributed by atoms with E-state index in [0.717, 1.165) is 11.1 Å². The number of carbonyl (C=O) groups is 2. The molecule has 3 aromatic heterocycles. The van der Waals surface area contributed by atoms with Crippen molar-refractivity contribution in [2.75, 3.05) is 5.32 Å². The van der Waals surface area contributed by atoms with Crippen molar-refractivity contribution in [1.82, 2.24) is 9.97 Å². The maximum Gasteiger partial charge on any atom is 0.412 e. The molecule has 10 heteroatoms. The predicted molar refractivity (Wildman–Crippen MR) is 141 cm³/mol. The number of furan rings is 1. The van der Waals surface area contributed by atoms with Gasteiger partial charge in [-0.2, -0.15) is 0 Å². The van der Waals surface area contributed by atoms with Crippen molar-refractivity contribution in [2.24, 2.45) is 0 Å². The molecule has 1 saturated carbocycles. The molecule has 1 aliphatic carbocycles. The minimum absolute atomic E-state index is 0.142. The highest BCUT2D eigenvalue weighted by Gasteiger charge is 2.54. The first-order chi connectivity index (χ1) is 17.9. The maximum atomic E-state index is 12.6. The van der Waals surface area contributed by atoms with Crippen molar-refractivity contribution in [1.29, 1.82) is 0 Å². The lowest BCUT2D eigenvalue weighted by atomic mass is 10.1. The van der Waals surface area contributed by atoms with E-state index in [1.807, 2.05) is 49.4 Å². The number of fused-ring (bicyclic) bond motifs is 2. The molecule has 0 spiro atoms. The van der Waals surface area contributed by atoms with E-state index in [9.17, 15) is 14.7 Å². The highest BCUT2D eigenvalue weighted by Crippen LogP contribution is 2.50. The van der Waals surface area contributed by atoms with Crippen LogP contribution in [-0.4, -0.2) is 27.1 Å². The predicted octanol–water partition coefficient (Wildman–Crippen LogP) is 6.07. The number of aryl methyl sites for hydroxylation is 1. The van der Waals surface area contributed by atoms with Crippen LogP contribution in [0.25, 0.3) is 20.6 Å². The number of carboxylic acids is 1. The summed E-state index contributed by atoms with van der Waals surface area (Å²) < 4.78 is 11.4. The maximum absolute atomic E-state index is 12.6. The standard InChI is InChI=1S/C27H19N3O5S2/c1-15-6-2-3-7-16(15)14-34-26(33)29-21-17-8-4-5-9-18(17)35-19(21)10-11-20-28-22-23(36-20)30-24(37-22)27(12-13-27)25(31)32/h2-9H,12-14H2,1H3,(H,29,33)(H,31,32). The molecule has 2 N–H and O–H groups in total. The van der Waals surface area contributed by atoms with Gasteiger partial charge in [-0.25, -0.2) is 14.8 Å². The second-order valence-electron chi connectivity index (χ2n) is 8.72. The van der Waals surface area contributed by atoms with E-state index in [4.69, 9.17) is 9.15 Å². The quantitative estimate of drug-likeness (QED) is 0.266. The minimum atomic E-state index is -0.848. The third kappa shape index (κ3) is 4.33. The molecule has 1 fully saturated rings. The summed E-state index contributed by atoms with van der Waals surface area (Å²) in [5.74, 6) is 5.42. The number of hydrogen-bond acceptors (Lipinski definition) is 8. The largest absolute Gasteiger partial charge is 0.481 e. The van der Waals surface area contributed by atoms with Gasteiger partial charge in [0.25, 0.3) is 0 Å². The first-order valence-electron chi connectivity index (χ1n) is 11.5. The average molecular weight is 530 g/mol. The fourth-order valence-corrected chi connectivity index (χ4v) is 6.10. The Hall–Kier alpha value is -4.20. The summed E-state index contributed by atoms with van der Waals surface area (Å²) in [6.07, 6.45) is 0.590. The summed E-state index contributed by atoms with van der Waals surface area (Å²) >= 11 is 2.59. The molecule has 0 unspecified atom stereocenters. The van der Waals surface area contributed by atoms with Gasteiger partial charge in [-0.1, -0.05) is 59.1 Å². The number of anilines is 1. The lowest BCUT2D eigenvalue weighted by Gasteiger charge is -2.08. The van der Waals surface area contributed by atoms with E-state index in [1.165, 1.54) is 22.7 Å². The zero-order chi connectivity index (χ0) is 25.6. The molecule has 1 amide bonds. The van der Waals surface area contributed by atoms with Gasteiger partial charge in [0.1, 0.15) is 28.3 Å². The Bertz CT molecular complexity index is 1720. The summed E-state index contributed by atoms with van der Waals surface area (Å²) in [6.45, 7) is 2.10. The van der Waals surface area contributed by atoms with E-state index < -0.39 is 17.5 Å². The first kappa shape index (κ1) is 23.2. The normalized spacial score (nSPS) is 13.8. The molecule has 6 rings (SSSR count). The molecule has 2 aromatic carbocycles. The number of aromatic nitrogens is 2. The van der Waals surface area contributed by atoms with Gasteiger partial charge in [0.2, 0.25) is 5.76 Å². The van der Waals surface area contributed by atoms with Crippen molar-refractivity contribution in [3.63, 3.8) is 0 Å². The van der Waals surface area contributed by atoms with E-state index >= 15 is 0 Å². The Morgan fingerprint density at radius 1 is 1.08 bits per heavy atom. The summed E-state index contributed by atoms with van der Waals surface area (Å²) in [4.78, 5) is 34.6. The molecular formula is C27H19N3O5S2. The van der Waals surface area contributed by atoms with Crippen LogP contribution >= 0.6 is 22.7 Å². The number of ether oxygens (including phenoxy) is 1. The van der Waals surface area contributed by atoms with Crippen LogP contribution in [0.1, 0.15) is 39.7 Å². The Morgan fingerprint density at radius 2 is 1.84 bits per heavy atom. The lowest BCUT2D eigenvalue weighted by molar-refractivity contribution is -0.140. The van der Waals surface area contributed by atoms with Crippen molar-refractivity contribution in [3.8, 4) is 11.8 Å². The van der Waals surface area contributed by atoms with Crippen LogP contribution in [0.2, 0.25) is 0 Å². The van der Waals surface area contributed by atoms with Crippen LogP contribution < -0.4 is 5.32 Å². The first-order valence-corrected chi connectivity index (χ1v) is 13.1. The molecule has 0 aliphatic heterocycles. The third-order valence-electron chi connectivity index (χ3n) is 6.27. The molecule has 0 radical (unpaired) electrons. The molecular weight excluding hydrogens is 510 g/mol. The highest BCUT2D eigenvalue weighted by molar-refractivity contribution is 7.26. The number of para-hydroxylation sites is 1. The van der Waals surface area contributed by atoms with Crippen molar-refractivity contribution >= 4 is 61.1 Å². The van der Waals surface area contributed by atoms with Gasteiger partial charge in [0.15, 0.2) is 14.7 Å². The van der Waals surface area contributed by atoms with Gasteiger partial charge in [-0.15, -0.1) is 0 Å². The summed E-state index contributed by atoms with van der Waals surface area (Å²) in [7, 11) is 0. The number of nitrogens with one attached hydrogen (secondary N) is 1. The lowest BCUT2D eigenvalue weighted by Crippen LogP contribution is -2.18. The number of thiazole rings is 2. The van der Waals surface area contributed by atoms with E-state index in [-0.39, 0.29) is 12.4 Å². The molecule has 3 heterocycles. The Morgan fingerprint density at radius 3 is 2.59 bits per heavy atom. The van der Waals surface area contributed by atoms with Crippen LogP contribution in [-0.2, 0) is 21.6 Å². The van der Waals surface area contributed by atoms with Gasteiger partial charge in [-0.3, -0.25) is 10.1 Å². The summed E-state index contributed by atoms with van der Waals surface area (Å²) in [5.41, 5.74) is 2.12. The molecule has 37 heavy (non-hydrogen) atoms. The number of hydrogen-bond donors (Lipinski definition) is 2. The zero-order valence-electron chi connectivity index (χ0n) is 19.5. The number of rotatable bonds is 5. The number of benzene rings is 2.